The van der Waals surface area contributed by atoms with Gasteiger partial charge in [0, 0.05) is 31.9 Å². The summed E-state index contributed by atoms with van der Waals surface area (Å²) in [6.07, 6.45) is 5.75. The van der Waals surface area contributed by atoms with Crippen LogP contribution in [0.5, 0.6) is 0 Å². The van der Waals surface area contributed by atoms with Crippen molar-refractivity contribution < 1.29 is 14.7 Å². The highest BCUT2D eigenvalue weighted by Crippen LogP contribution is 2.25. The van der Waals surface area contributed by atoms with Crippen LogP contribution in [-0.2, 0) is 18.4 Å². The van der Waals surface area contributed by atoms with Crippen LogP contribution in [0.25, 0.3) is 0 Å². The maximum Gasteiger partial charge on any atom is 0.317 e. The molecule has 2 atom stereocenters. The third kappa shape index (κ3) is 3.28. The Hall–Kier alpha value is -2.05. The van der Waals surface area contributed by atoms with Gasteiger partial charge in [-0.25, -0.2) is 4.79 Å². The maximum atomic E-state index is 12.1. The second-order valence-corrected chi connectivity index (χ2v) is 5.31. The number of carboxylic acid groups (broad SMARTS) is 1. The second-order valence-electron chi connectivity index (χ2n) is 5.31. The van der Waals surface area contributed by atoms with Crippen molar-refractivity contribution in [3.8, 4) is 0 Å². The molecule has 1 aliphatic rings. The maximum absolute atomic E-state index is 12.1. The molecule has 1 aliphatic carbocycles. The molecule has 7 nitrogen and oxygen atoms in total. The normalized spacial score (nSPS) is 21.7. The number of nitrogens with one attached hydrogen (secondary N) is 1. The van der Waals surface area contributed by atoms with E-state index in [1.165, 1.54) is 4.90 Å². The monoisotopic (exact) mass is 280 g/mol. The highest BCUT2D eigenvalue weighted by atomic mass is 16.4. The average Bonchev–Trinajstić information content (AvgIpc) is 2.98. The summed E-state index contributed by atoms with van der Waals surface area (Å²) < 4.78 is 1.68. The van der Waals surface area contributed by atoms with E-state index in [-0.39, 0.29) is 12.1 Å². The highest BCUT2D eigenvalue weighted by molar-refractivity contribution is 5.77. The van der Waals surface area contributed by atoms with Gasteiger partial charge in [-0.3, -0.25) is 9.48 Å². The predicted molar refractivity (Wildman–Crippen MR) is 72.0 cm³/mol. The van der Waals surface area contributed by atoms with Crippen molar-refractivity contribution in [1.29, 1.82) is 0 Å². The molecule has 2 unspecified atom stereocenters. The first-order valence-corrected chi connectivity index (χ1v) is 6.69. The summed E-state index contributed by atoms with van der Waals surface area (Å²) in [5.74, 6) is -1.30. The smallest absolute Gasteiger partial charge is 0.317 e. The van der Waals surface area contributed by atoms with E-state index in [9.17, 15) is 9.59 Å². The number of carbonyl (C=O) groups excluding carboxylic acids is 1. The zero-order chi connectivity index (χ0) is 14.7. The number of urea groups is 1. The van der Waals surface area contributed by atoms with Gasteiger partial charge in [-0.2, -0.15) is 5.10 Å². The molecule has 1 aromatic heterocycles. The quantitative estimate of drug-likeness (QED) is 0.854. The van der Waals surface area contributed by atoms with Gasteiger partial charge in [-0.15, -0.1) is 0 Å². The topological polar surface area (TPSA) is 87.5 Å². The number of hydrogen-bond donors (Lipinski definition) is 2. The standard InChI is InChI=1S/C13H20N4O3/c1-16(7-9-6-14-17(2)8-9)13(20)15-11-5-3-4-10(11)12(18)19/h6,8,10-11H,3-5,7H2,1-2H3,(H,15,20)(H,18,19). The fourth-order valence-electron chi connectivity index (χ4n) is 2.60. The summed E-state index contributed by atoms with van der Waals surface area (Å²) in [5.41, 5.74) is 0.936. The lowest BCUT2D eigenvalue weighted by molar-refractivity contribution is -0.142. The van der Waals surface area contributed by atoms with Crippen LogP contribution in [0.4, 0.5) is 4.79 Å². The molecule has 2 amide bonds. The van der Waals surface area contributed by atoms with Gasteiger partial charge < -0.3 is 15.3 Å². The van der Waals surface area contributed by atoms with Gasteiger partial charge in [0.05, 0.1) is 18.7 Å². The molecule has 2 N–H and O–H groups in total. The summed E-state index contributed by atoms with van der Waals surface area (Å²) in [6, 6.07) is -0.511. The van der Waals surface area contributed by atoms with Crippen LogP contribution in [0.3, 0.4) is 0 Å². The Morgan fingerprint density at radius 3 is 2.90 bits per heavy atom. The minimum Gasteiger partial charge on any atom is -0.481 e. The fourth-order valence-corrected chi connectivity index (χ4v) is 2.60. The van der Waals surface area contributed by atoms with Gasteiger partial charge in [0.25, 0.3) is 0 Å². The predicted octanol–water partition coefficient (Wildman–Crippen LogP) is 0.815. The summed E-state index contributed by atoms with van der Waals surface area (Å²) in [4.78, 5) is 24.7. The van der Waals surface area contributed by atoms with E-state index in [4.69, 9.17) is 5.11 Å². The Balaban J connectivity index is 1.89. The lowest BCUT2D eigenvalue weighted by Crippen LogP contribution is -2.45. The molecule has 0 radical (unpaired) electrons. The molecular weight excluding hydrogens is 260 g/mol. The molecule has 1 aromatic rings. The zero-order valence-corrected chi connectivity index (χ0v) is 11.7. The van der Waals surface area contributed by atoms with E-state index in [2.05, 4.69) is 10.4 Å². The first-order valence-electron chi connectivity index (χ1n) is 6.69. The molecule has 0 spiro atoms. The van der Waals surface area contributed by atoms with Crippen molar-refractivity contribution in [1.82, 2.24) is 20.0 Å². The highest BCUT2D eigenvalue weighted by Gasteiger charge is 2.34. The number of amides is 2. The third-order valence-corrected chi connectivity index (χ3v) is 3.67. The second kappa shape index (κ2) is 5.94. The van der Waals surface area contributed by atoms with E-state index in [0.717, 1.165) is 18.4 Å². The number of hydrogen-bond acceptors (Lipinski definition) is 3. The van der Waals surface area contributed by atoms with Gasteiger partial charge >= 0.3 is 12.0 Å². The number of rotatable bonds is 4. The lowest BCUT2D eigenvalue weighted by Gasteiger charge is -2.22. The van der Waals surface area contributed by atoms with Crippen LogP contribution >= 0.6 is 0 Å². The van der Waals surface area contributed by atoms with Gasteiger partial charge in [0.1, 0.15) is 0 Å². The van der Waals surface area contributed by atoms with E-state index < -0.39 is 11.9 Å². The average molecular weight is 280 g/mol. The van der Waals surface area contributed by atoms with Crippen LogP contribution in [-0.4, -0.2) is 44.9 Å². The first kappa shape index (κ1) is 14.4. The number of carbonyl (C=O) groups is 2. The van der Waals surface area contributed by atoms with Crippen LogP contribution in [0, 0.1) is 5.92 Å². The SMILES string of the molecule is CN(Cc1cnn(C)c1)C(=O)NC1CCCC1C(=O)O. The first-order chi connectivity index (χ1) is 9.47. The van der Waals surface area contributed by atoms with E-state index in [1.54, 1.807) is 17.9 Å². The minimum absolute atomic E-state index is 0.244. The summed E-state index contributed by atoms with van der Waals surface area (Å²) in [6.45, 7) is 0.449. The summed E-state index contributed by atoms with van der Waals surface area (Å²) in [5, 5.41) is 16.0. The Kier molecular flexibility index (Phi) is 4.26. The van der Waals surface area contributed by atoms with Crippen molar-refractivity contribution in [3.05, 3.63) is 18.0 Å². The lowest BCUT2D eigenvalue weighted by atomic mass is 10.0. The number of nitrogens with zero attached hydrogens (tertiary/aromatic N) is 3. The Bertz CT molecular complexity index is 500. The molecule has 0 bridgehead atoms. The van der Waals surface area contributed by atoms with Crippen LogP contribution in [0.1, 0.15) is 24.8 Å². The van der Waals surface area contributed by atoms with Crippen molar-refractivity contribution in [2.24, 2.45) is 13.0 Å². The van der Waals surface area contributed by atoms with E-state index in [1.807, 2.05) is 13.2 Å². The summed E-state index contributed by atoms with van der Waals surface area (Å²) in [7, 11) is 3.51. The van der Waals surface area contributed by atoms with E-state index >= 15 is 0 Å². The Morgan fingerprint density at radius 2 is 2.30 bits per heavy atom. The van der Waals surface area contributed by atoms with Crippen LogP contribution < -0.4 is 5.32 Å². The van der Waals surface area contributed by atoms with Crippen molar-refractivity contribution in [3.63, 3.8) is 0 Å². The number of aromatic nitrogens is 2. The van der Waals surface area contributed by atoms with Crippen molar-refractivity contribution >= 4 is 12.0 Å². The molecule has 0 saturated heterocycles. The van der Waals surface area contributed by atoms with Crippen molar-refractivity contribution in [2.75, 3.05) is 7.05 Å². The molecule has 0 aromatic carbocycles. The molecule has 7 heteroatoms. The molecule has 1 saturated carbocycles. The number of aliphatic carboxylic acids is 1. The molecular formula is C13H20N4O3. The third-order valence-electron chi connectivity index (χ3n) is 3.67. The number of aryl methyl sites for hydroxylation is 1. The molecule has 110 valence electrons. The summed E-state index contributed by atoms with van der Waals surface area (Å²) >= 11 is 0. The van der Waals surface area contributed by atoms with Crippen molar-refractivity contribution in [2.45, 2.75) is 31.8 Å². The van der Waals surface area contributed by atoms with Gasteiger partial charge in [-0.05, 0) is 12.8 Å². The van der Waals surface area contributed by atoms with E-state index in [0.29, 0.717) is 13.0 Å². The number of carboxylic acids is 1. The molecule has 1 heterocycles. The fraction of sp³-hybridized carbons (Fsp3) is 0.615. The molecule has 20 heavy (non-hydrogen) atoms. The zero-order valence-electron chi connectivity index (χ0n) is 11.7. The van der Waals surface area contributed by atoms with Gasteiger partial charge in [-0.1, -0.05) is 6.42 Å². The molecule has 1 fully saturated rings. The minimum atomic E-state index is -0.831. The van der Waals surface area contributed by atoms with Gasteiger partial charge in [0.2, 0.25) is 0 Å². The Morgan fingerprint density at radius 1 is 1.55 bits per heavy atom. The molecule has 0 aliphatic heterocycles. The largest absolute Gasteiger partial charge is 0.481 e. The van der Waals surface area contributed by atoms with Crippen LogP contribution in [0.2, 0.25) is 0 Å². The van der Waals surface area contributed by atoms with Gasteiger partial charge in [0.15, 0.2) is 0 Å². The molecule has 2 rings (SSSR count). The Labute approximate surface area is 117 Å². The van der Waals surface area contributed by atoms with Crippen LogP contribution in [0.15, 0.2) is 12.4 Å².